The number of ether oxygens (including phenoxy) is 1. The van der Waals surface area contributed by atoms with Crippen LogP contribution in [0, 0.1) is 0 Å². The van der Waals surface area contributed by atoms with Gasteiger partial charge in [0.1, 0.15) is 0 Å². The van der Waals surface area contributed by atoms with E-state index in [0.29, 0.717) is 0 Å². The predicted molar refractivity (Wildman–Crippen MR) is 54.1 cm³/mol. The Labute approximate surface area is 77.9 Å². The van der Waals surface area contributed by atoms with E-state index in [-0.39, 0.29) is 0 Å². The summed E-state index contributed by atoms with van der Waals surface area (Å²) in [5, 5.41) is 2.29. The predicted octanol–water partition coefficient (Wildman–Crippen LogP) is 2.68. The van der Waals surface area contributed by atoms with E-state index >= 15 is 0 Å². The first-order valence-corrected chi connectivity index (χ1v) is 3.79. The average Bonchev–Trinajstić information content (AvgIpc) is 2.08. The monoisotopic (exact) mass is 181 g/mol. The lowest BCUT2D eigenvalue weighted by Crippen LogP contribution is -1.58. The Hall–Kier alpha value is -1.02. The van der Waals surface area contributed by atoms with Gasteiger partial charge in [-0.2, -0.15) is 4.99 Å². The molecule has 0 saturated heterocycles. The van der Waals surface area contributed by atoms with Gasteiger partial charge in [0.25, 0.3) is 0 Å². The SMILES string of the molecule is COC.S=C=Nc1ccccc1. The van der Waals surface area contributed by atoms with Gasteiger partial charge in [-0.1, -0.05) is 18.2 Å². The topological polar surface area (TPSA) is 21.6 Å². The van der Waals surface area contributed by atoms with Crippen molar-refractivity contribution in [2.24, 2.45) is 4.99 Å². The van der Waals surface area contributed by atoms with E-state index in [1.807, 2.05) is 30.3 Å². The normalized spacial score (nSPS) is 7.50. The van der Waals surface area contributed by atoms with E-state index in [0.717, 1.165) is 5.69 Å². The summed E-state index contributed by atoms with van der Waals surface area (Å²) in [7, 11) is 3.25. The molecular formula is C9H11NOS. The second kappa shape index (κ2) is 8.08. The molecule has 1 aromatic rings. The van der Waals surface area contributed by atoms with Gasteiger partial charge in [-0.3, -0.25) is 0 Å². The Balaban J connectivity index is 0.000000354. The summed E-state index contributed by atoms with van der Waals surface area (Å²) in [6.45, 7) is 0. The average molecular weight is 181 g/mol. The fourth-order valence-corrected chi connectivity index (χ4v) is 0.661. The van der Waals surface area contributed by atoms with Crippen molar-refractivity contribution in [3.05, 3.63) is 30.3 Å². The lowest BCUT2D eigenvalue weighted by atomic mass is 10.3. The third-order valence-electron chi connectivity index (χ3n) is 0.931. The van der Waals surface area contributed by atoms with Crippen molar-refractivity contribution >= 4 is 23.1 Å². The molecule has 1 aromatic carbocycles. The van der Waals surface area contributed by atoms with Crippen LogP contribution in [0.1, 0.15) is 0 Å². The molecule has 0 amide bonds. The van der Waals surface area contributed by atoms with Crippen LogP contribution in [0.25, 0.3) is 0 Å². The first-order chi connectivity index (χ1) is 5.85. The van der Waals surface area contributed by atoms with Gasteiger partial charge in [-0.15, -0.1) is 0 Å². The molecule has 2 nitrogen and oxygen atoms in total. The zero-order valence-electron chi connectivity index (χ0n) is 7.15. The summed E-state index contributed by atoms with van der Waals surface area (Å²) >= 11 is 4.42. The molecule has 0 saturated carbocycles. The highest BCUT2D eigenvalue weighted by atomic mass is 32.1. The van der Waals surface area contributed by atoms with Crippen molar-refractivity contribution in [3.8, 4) is 0 Å². The second-order valence-electron chi connectivity index (χ2n) is 1.95. The van der Waals surface area contributed by atoms with Crippen LogP contribution in [0.2, 0.25) is 0 Å². The standard InChI is InChI=1S/C7H5NS.C2H6O/c9-6-8-7-4-2-1-3-5-7;1-3-2/h1-5H;1-2H3. The first kappa shape index (κ1) is 11.0. The molecule has 0 aliphatic carbocycles. The molecule has 0 N–H and O–H groups in total. The van der Waals surface area contributed by atoms with Crippen LogP contribution in [-0.4, -0.2) is 19.4 Å². The molecule has 0 atom stereocenters. The minimum absolute atomic E-state index is 0.854. The highest BCUT2D eigenvalue weighted by Crippen LogP contribution is 2.07. The van der Waals surface area contributed by atoms with Crippen molar-refractivity contribution in [2.75, 3.05) is 14.2 Å². The van der Waals surface area contributed by atoms with Gasteiger partial charge in [0, 0.05) is 14.2 Å². The Morgan fingerprint density at radius 3 is 2.17 bits per heavy atom. The Bertz CT molecular complexity index is 242. The lowest BCUT2D eigenvalue weighted by Gasteiger charge is -1.83. The number of aliphatic imine (C=N–C) groups is 1. The molecule has 0 aliphatic heterocycles. The maximum Gasteiger partial charge on any atom is 0.0739 e. The second-order valence-corrected chi connectivity index (χ2v) is 2.13. The van der Waals surface area contributed by atoms with Gasteiger partial charge in [-0.05, 0) is 24.4 Å². The number of isothiocyanates is 1. The number of nitrogens with zero attached hydrogens (tertiary/aromatic N) is 1. The maximum atomic E-state index is 4.42. The quantitative estimate of drug-likeness (QED) is 0.490. The van der Waals surface area contributed by atoms with Crippen LogP contribution in [0.15, 0.2) is 35.3 Å². The molecular weight excluding hydrogens is 170 g/mol. The fourth-order valence-electron chi connectivity index (χ4n) is 0.555. The van der Waals surface area contributed by atoms with E-state index in [4.69, 9.17) is 0 Å². The summed E-state index contributed by atoms with van der Waals surface area (Å²) in [5.41, 5.74) is 0.854. The molecule has 1 rings (SSSR count). The number of benzene rings is 1. The summed E-state index contributed by atoms with van der Waals surface area (Å²) in [5.74, 6) is 0. The summed E-state index contributed by atoms with van der Waals surface area (Å²) < 4.78 is 4.25. The minimum atomic E-state index is 0.854. The van der Waals surface area contributed by atoms with Gasteiger partial charge < -0.3 is 4.74 Å². The van der Waals surface area contributed by atoms with Gasteiger partial charge in [0.05, 0.1) is 10.8 Å². The summed E-state index contributed by atoms with van der Waals surface area (Å²) in [4.78, 5) is 3.77. The third kappa shape index (κ3) is 5.74. The van der Waals surface area contributed by atoms with E-state index in [1.54, 1.807) is 14.2 Å². The lowest BCUT2D eigenvalue weighted by molar-refractivity contribution is 0.277. The summed E-state index contributed by atoms with van der Waals surface area (Å²) in [6.07, 6.45) is 0. The smallest absolute Gasteiger partial charge is 0.0739 e. The maximum absolute atomic E-state index is 4.42. The van der Waals surface area contributed by atoms with Crippen LogP contribution in [0.3, 0.4) is 0 Å². The molecule has 64 valence electrons. The fraction of sp³-hybridized carbons (Fsp3) is 0.222. The van der Waals surface area contributed by atoms with Crippen LogP contribution >= 0.6 is 12.2 Å². The molecule has 0 radical (unpaired) electrons. The molecule has 0 aliphatic rings. The molecule has 0 fully saturated rings. The van der Waals surface area contributed by atoms with Crippen LogP contribution in [0.5, 0.6) is 0 Å². The van der Waals surface area contributed by atoms with Crippen LogP contribution < -0.4 is 0 Å². The van der Waals surface area contributed by atoms with Crippen molar-refractivity contribution < 1.29 is 4.74 Å². The van der Waals surface area contributed by atoms with E-state index < -0.39 is 0 Å². The summed E-state index contributed by atoms with van der Waals surface area (Å²) in [6, 6.07) is 9.50. The minimum Gasteiger partial charge on any atom is -0.388 e. The molecule has 3 heteroatoms. The number of hydrogen-bond donors (Lipinski definition) is 0. The van der Waals surface area contributed by atoms with Crippen molar-refractivity contribution in [3.63, 3.8) is 0 Å². The number of thiocarbonyl (C=S) groups is 1. The molecule has 0 heterocycles. The largest absolute Gasteiger partial charge is 0.388 e. The highest BCUT2D eigenvalue weighted by molar-refractivity contribution is 7.78. The van der Waals surface area contributed by atoms with Gasteiger partial charge >= 0.3 is 0 Å². The van der Waals surface area contributed by atoms with E-state index in [2.05, 4.69) is 27.1 Å². The van der Waals surface area contributed by atoms with E-state index in [9.17, 15) is 0 Å². The van der Waals surface area contributed by atoms with Gasteiger partial charge in [0.2, 0.25) is 0 Å². The third-order valence-corrected chi connectivity index (χ3v) is 1.02. The number of hydrogen-bond acceptors (Lipinski definition) is 3. The molecule has 0 unspecified atom stereocenters. The molecule has 0 bridgehead atoms. The zero-order chi connectivity index (χ0) is 9.23. The van der Waals surface area contributed by atoms with Crippen molar-refractivity contribution in [1.82, 2.24) is 0 Å². The van der Waals surface area contributed by atoms with Gasteiger partial charge in [-0.25, -0.2) is 0 Å². The van der Waals surface area contributed by atoms with Crippen molar-refractivity contribution in [1.29, 1.82) is 0 Å². The molecule has 12 heavy (non-hydrogen) atoms. The highest BCUT2D eigenvalue weighted by Gasteiger charge is 1.79. The van der Waals surface area contributed by atoms with Gasteiger partial charge in [0.15, 0.2) is 0 Å². The Morgan fingerprint density at radius 1 is 1.25 bits per heavy atom. The van der Waals surface area contributed by atoms with Crippen molar-refractivity contribution in [2.45, 2.75) is 0 Å². The first-order valence-electron chi connectivity index (χ1n) is 3.38. The molecule has 0 aromatic heterocycles. The Kier molecular flexibility index (Phi) is 7.39. The van der Waals surface area contributed by atoms with Crippen LogP contribution in [-0.2, 0) is 4.74 Å². The van der Waals surface area contributed by atoms with Crippen LogP contribution in [0.4, 0.5) is 5.69 Å². The number of methoxy groups -OCH3 is 1. The number of para-hydroxylation sites is 1. The van der Waals surface area contributed by atoms with E-state index in [1.165, 1.54) is 0 Å². The zero-order valence-corrected chi connectivity index (χ0v) is 7.97. The molecule has 0 spiro atoms. The Morgan fingerprint density at radius 2 is 1.75 bits per heavy atom. The number of rotatable bonds is 1.